The Bertz CT molecular complexity index is 43.0. The Kier molecular flexibility index (Phi) is 22.7. The fourth-order valence-electron chi connectivity index (χ4n) is 0. The van der Waals surface area contributed by atoms with Crippen molar-refractivity contribution in [3.05, 3.63) is 0 Å². The molecule has 0 aliphatic carbocycles. The highest BCUT2D eigenvalue weighted by Crippen LogP contribution is 2.08. The van der Waals surface area contributed by atoms with E-state index >= 15 is 0 Å². The highest BCUT2D eigenvalue weighted by atomic mass is 14.0. The van der Waals surface area contributed by atoms with Crippen LogP contribution in [-0.2, 0) is 0 Å². The Hall–Kier alpha value is 0. The van der Waals surface area contributed by atoms with Crippen molar-refractivity contribution in [2.75, 3.05) is 0 Å². The Balaban J connectivity index is -0.0000000267. The van der Waals surface area contributed by atoms with Crippen LogP contribution in [0.15, 0.2) is 0 Å². The quantitative estimate of drug-likeness (QED) is 0.441. The van der Waals surface area contributed by atoms with Crippen LogP contribution in [0.3, 0.4) is 0 Å². The second-order valence-electron chi connectivity index (χ2n) is 6.00. The van der Waals surface area contributed by atoms with E-state index in [2.05, 4.69) is 55.4 Å². The summed E-state index contributed by atoms with van der Waals surface area (Å²) in [7, 11) is 0. The molecular formula is C13H36. The zero-order chi connectivity index (χ0) is 9.00. The average molecular weight is 192 g/mol. The van der Waals surface area contributed by atoms with Gasteiger partial charge in [0.1, 0.15) is 0 Å². The lowest BCUT2D eigenvalue weighted by atomic mass is 10.0. The fourth-order valence-corrected chi connectivity index (χ4v) is 0. The Morgan fingerprint density at radius 3 is 0.385 bits per heavy atom. The highest BCUT2D eigenvalue weighted by Gasteiger charge is 1.96. The van der Waals surface area contributed by atoms with Crippen molar-refractivity contribution >= 4 is 0 Å². The molecule has 0 heterocycles. The Labute approximate surface area is 89.1 Å². The average Bonchev–Trinajstić information content (AvgIpc) is 1.12. The van der Waals surface area contributed by atoms with Crippen molar-refractivity contribution in [3.8, 4) is 0 Å². The number of hydrogen-bond donors (Lipinski definition) is 0. The minimum Gasteiger partial charge on any atom is -0.0776 e. The van der Waals surface area contributed by atoms with Gasteiger partial charge in [-0.3, -0.25) is 0 Å². The van der Waals surface area contributed by atoms with Crippen LogP contribution >= 0.6 is 0 Å². The summed E-state index contributed by atoms with van der Waals surface area (Å²) >= 11 is 0. The van der Waals surface area contributed by atoms with Gasteiger partial charge < -0.3 is 0 Å². The highest BCUT2D eigenvalue weighted by molar-refractivity contribution is 4.47. The van der Waals surface area contributed by atoms with Crippen LogP contribution in [0.2, 0.25) is 0 Å². The van der Waals surface area contributed by atoms with Crippen molar-refractivity contribution in [1.29, 1.82) is 0 Å². The molecule has 0 aliphatic rings. The van der Waals surface area contributed by atoms with E-state index in [1.165, 1.54) is 0 Å². The van der Waals surface area contributed by atoms with Gasteiger partial charge in [-0.15, -0.1) is 0 Å². The minimum atomic E-state index is 0. The van der Waals surface area contributed by atoms with Crippen LogP contribution in [0.1, 0.15) is 77.7 Å². The molecule has 13 heavy (non-hydrogen) atoms. The third-order valence-corrected chi connectivity index (χ3v) is 0. The standard InChI is InChI=1S/2C5H12.3CH4/c2*1-5(2,3)4;;;/h2*1-4H3;3*1H4. The number of rotatable bonds is 0. The van der Waals surface area contributed by atoms with E-state index in [9.17, 15) is 0 Å². The largest absolute Gasteiger partial charge is 0.0776 e. The van der Waals surface area contributed by atoms with Crippen molar-refractivity contribution in [1.82, 2.24) is 0 Å². The first-order chi connectivity index (χ1) is 4.00. The van der Waals surface area contributed by atoms with Crippen molar-refractivity contribution in [3.63, 3.8) is 0 Å². The lowest BCUT2D eigenvalue weighted by Crippen LogP contribution is -1.93. The summed E-state index contributed by atoms with van der Waals surface area (Å²) in [5, 5.41) is 0. The van der Waals surface area contributed by atoms with E-state index in [0.29, 0.717) is 10.8 Å². The smallest absolute Gasteiger partial charge is 0.0411 e. The first-order valence-electron chi connectivity index (χ1n) is 4.00. The van der Waals surface area contributed by atoms with Gasteiger partial charge in [0, 0.05) is 0 Å². The Morgan fingerprint density at radius 1 is 0.385 bits per heavy atom. The van der Waals surface area contributed by atoms with Gasteiger partial charge >= 0.3 is 0 Å². The topological polar surface area (TPSA) is 0 Å². The summed E-state index contributed by atoms with van der Waals surface area (Å²) in [5.41, 5.74) is 1.00. The van der Waals surface area contributed by atoms with Gasteiger partial charge in [-0.05, 0) is 10.8 Å². The molecule has 0 atom stereocenters. The zero-order valence-corrected chi connectivity index (χ0v) is 9.00. The lowest BCUT2D eigenvalue weighted by Gasteiger charge is -2.05. The molecule has 0 fully saturated rings. The molecule has 0 saturated heterocycles. The maximum Gasteiger partial charge on any atom is -0.0411 e. The maximum absolute atomic E-state index is 2.19. The van der Waals surface area contributed by atoms with Gasteiger partial charge in [-0.1, -0.05) is 77.7 Å². The molecule has 0 amide bonds. The third-order valence-electron chi connectivity index (χ3n) is 0. The molecule has 0 saturated carbocycles. The summed E-state index contributed by atoms with van der Waals surface area (Å²) in [6, 6.07) is 0. The lowest BCUT2D eigenvalue weighted by molar-refractivity contribution is 0.469. The van der Waals surface area contributed by atoms with Crippen molar-refractivity contribution in [2.24, 2.45) is 10.8 Å². The second-order valence-corrected chi connectivity index (χ2v) is 6.00. The molecule has 0 unspecified atom stereocenters. The monoisotopic (exact) mass is 192 g/mol. The number of hydrogen-bond acceptors (Lipinski definition) is 0. The fraction of sp³-hybridized carbons (Fsp3) is 1.00. The molecular weight excluding hydrogens is 156 g/mol. The van der Waals surface area contributed by atoms with Crippen LogP contribution in [0.25, 0.3) is 0 Å². The van der Waals surface area contributed by atoms with E-state index in [1.54, 1.807) is 0 Å². The van der Waals surface area contributed by atoms with Crippen molar-refractivity contribution in [2.45, 2.75) is 77.7 Å². The predicted octanol–water partition coefficient (Wildman–Crippen LogP) is 6.01. The van der Waals surface area contributed by atoms with Gasteiger partial charge in [0.15, 0.2) is 0 Å². The zero-order valence-electron chi connectivity index (χ0n) is 9.00. The second kappa shape index (κ2) is 10.1. The molecule has 0 aromatic carbocycles. The molecule has 0 nitrogen and oxygen atoms in total. The molecule has 0 rings (SSSR count). The van der Waals surface area contributed by atoms with E-state index in [4.69, 9.17) is 0 Å². The molecule has 0 heteroatoms. The van der Waals surface area contributed by atoms with Gasteiger partial charge in [-0.25, -0.2) is 0 Å². The van der Waals surface area contributed by atoms with Gasteiger partial charge in [0.25, 0.3) is 0 Å². The minimum absolute atomic E-state index is 0. The molecule has 0 aromatic rings. The molecule has 0 radical (unpaired) electrons. The van der Waals surface area contributed by atoms with Crippen molar-refractivity contribution < 1.29 is 0 Å². The summed E-state index contributed by atoms with van der Waals surface area (Å²) < 4.78 is 0. The predicted molar refractivity (Wildman–Crippen MR) is 70.5 cm³/mol. The molecule has 0 aliphatic heterocycles. The van der Waals surface area contributed by atoms with Crippen LogP contribution in [0.5, 0.6) is 0 Å². The van der Waals surface area contributed by atoms with Gasteiger partial charge in [-0.2, -0.15) is 0 Å². The van der Waals surface area contributed by atoms with Crippen LogP contribution in [0, 0.1) is 10.8 Å². The van der Waals surface area contributed by atoms with E-state index in [-0.39, 0.29) is 22.3 Å². The van der Waals surface area contributed by atoms with Crippen LogP contribution in [0.4, 0.5) is 0 Å². The molecule has 0 aromatic heterocycles. The molecule has 0 bridgehead atoms. The summed E-state index contributed by atoms with van der Waals surface area (Å²) in [4.78, 5) is 0. The first kappa shape index (κ1) is 29.2. The summed E-state index contributed by atoms with van der Waals surface area (Å²) in [6.07, 6.45) is 0. The first-order valence-corrected chi connectivity index (χ1v) is 4.00. The third kappa shape index (κ3) is 0. The van der Waals surface area contributed by atoms with E-state index < -0.39 is 0 Å². The van der Waals surface area contributed by atoms with Gasteiger partial charge in [0.05, 0.1) is 0 Å². The maximum atomic E-state index is 2.19. The summed E-state index contributed by atoms with van der Waals surface area (Å²) in [5.74, 6) is 0. The summed E-state index contributed by atoms with van der Waals surface area (Å²) in [6.45, 7) is 17.5. The molecule has 88 valence electrons. The molecule has 0 spiro atoms. The Morgan fingerprint density at radius 2 is 0.385 bits per heavy atom. The normalized spacial score (nSPS) is 9.23. The van der Waals surface area contributed by atoms with E-state index in [1.807, 2.05) is 0 Å². The van der Waals surface area contributed by atoms with E-state index in [0.717, 1.165) is 0 Å². The van der Waals surface area contributed by atoms with Crippen LogP contribution < -0.4 is 0 Å². The SMILES string of the molecule is C.C.C.CC(C)(C)C.CC(C)(C)C. The van der Waals surface area contributed by atoms with Gasteiger partial charge in [0.2, 0.25) is 0 Å². The molecule has 0 N–H and O–H groups in total. The van der Waals surface area contributed by atoms with Crippen LogP contribution in [-0.4, -0.2) is 0 Å².